The molecule has 0 aliphatic rings. The molecular weight excluding hydrogens is 258 g/mol. The van der Waals surface area contributed by atoms with Gasteiger partial charge in [0.2, 0.25) is 0 Å². The number of ether oxygens (including phenoxy) is 1. The van der Waals surface area contributed by atoms with Crippen molar-refractivity contribution in [3.8, 4) is 0 Å². The summed E-state index contributed by atoms with van der Waals surface area (Å²) < 4.78 is 6.63. The molecule has 1 N–H and O–H groups in total. The Hall–Kier alpha value is -2.30. The molecule has 0 bridgehead atoms. The number of nitrogens with zero attached hydrogens (tertiary/aromatic N) is 1. The molecule has 0 saturated heterocycles. The molecule has 0 amide bonds. The van der Waals surface area contributed by atoms with Crippen molar-refractivity contribution in [1.29, 1.82) is 0 Å². The summed E-state index contributed by atoms with van der Waals surface area (Å²) in [4.78, 5) is 22.4. The molecule has 1 heterocycles. The number of aryl methyl sites for hydroxylation is 1. The number of hydrogen-bond acceptors (Lipinski definition) is 3. The van der Waals surface area contributed by atoms with E-state index in [4.69, 9.17) is 9.84 Å². The number of aromatic nitrogens is 1. The topological polar surface area (TPSA) is 68.5 Å². The predicted octanol–water partition coefficient (Wildman–Crippen LogP) is 2.22. The van der Waals surface area contributed by atoms with Crippen molar-refractivity contribution in [2.45, 2.75) is 26.3 Å². The van der Waals surface area contributed by atoms with Crippen LogP contribution in [0.4, 0.5) is 0 Å². The van der Waals surface area contributed by atoms with E-state index in [2.05, 4.69) is 0 Å². The molecule has 106 valence electrons. The molecule has 5 heteroatoms. The molecule has 1 aromatic carbocycles. The molecule has 0 fully saturated rings. The van der Waals surface area contributed by atoms with Crippen LogP contribution in [-0.4, -0.2) is 28.2 Å². The van der Waals surface area contributed by atoms with Crippen LogP contribution in [0.15, 0.2) is 30.3 Å². The first kappa shape index (κ1) is 14.1. The summed E-state index contributed by atoms with van der Waals surface area (Å²) in [7, 11) is 0. The number of benzene rings is 1. The first-order valence-electron chi connectivity index (χ1n) is 6.56. The van der Waals surface area contributed by atoms with Crippen LogP contribution in [0.25, 0.3) is 10.9 Å². The minimum Gasteiger partial charge on any atom is -0.480 e. The van der Waals surface area contributed by atoms with Gasteiger partial charge in [-0.25, -0.2) is 0 Å². The van der Waals surface area contributed by atoms with E-state index in [0.29, 0.717) is 13.0 Å². The van der Waals surface area contributed by atoms with Crippen LogP contribution in [0.5, 0.6) is 0 Å². The SMILES string of the molecule is CCOC(=O)CCc1cc2ccccc2n1CC(=O)O. The molecule has 0 aliphatic heterocycles. The molecule has 0 unspecified atom stereocenters. The Morgan fingerprint density at radius 2 is 2.05 bits per heavy atom. The second kappa shape index (κ2) is 6.23. The fraction of sp³-hybridized carbons (Fsp3) is 0.333. The number of carboxylic acids is 1. The molecule has 0 saturated carbocycles. The number of fused-ring (bicyclic) bond motifs is 1. The Bertz CT molecular complexity index is 630. The lowest BCUT2D eigenvalue weighted by Gasteiger charge is -2.08. The monoisotopic (exact) mass is 275 g/mol. The van der Waals surface area contributed by atoms with Crippen molar-refractivity contribution in [3.63, 3.8) is 0 Å². The fourth-order valence-electron chi connectivity index (χ4n) is 2.26. The third kappa shape index (κ3) is 3.17. The maximum atomic E-state index is 11.4. The molecule has 0 spiro atoms. The van der Waals surface area contributed by atoms with Crippen LogP contribution in [0, 0.1) is 0 Å². The van der Waals surface area contributed by atoms with E-state index in [1.807, 2.05) is 30.3 Å². The summed E-state index contributed by atoms with van der Waals surface area (Å²) in [6, 6.07) is 9.52. The van der Waals surface area contributed by atoms with Crippen LogP contribution in [0.1, 0.15) is 19.0 Å². The first-order chi connectivity index (χ1) is 9.61. The largest absolute Gasteiger partial charge is 0.480 e. The van der Waals surface area contributed by atoms with Gasteiger partial charge in [0.25, 0.3) is 0 Å². The van der Waals surface area contributed by atoms with Crippen LogP contribution >= 0.6 is 0 Å². The van der Waals surface area contributed by atoms with Gasteiger partial charge in [0, 0.05) is 11.2 Å². The number of para-hydroxylation sites is 1. The van der Waals surface area contributed by atoms with Gasteiger partial charge >= 0.3 is 11.9 Å². The van der Waals surface area contributed by atoms with Gasteiger partial charge in [0.05, 0.1) is 13.0 Å². The molecule has 0 radical (unpaired) electrons. The van der Waals surface area contributed by atoms with E-state index >= 15 is 0 Å². The minimum absolute atomic E-state index is 0.105. The maximum Gasteiger partial charge on any atom is 0.323 e. The number of carbonyl (C=O) groups excluding carboxylic acids is 1. The Kier molecular flexibility index (Phi) is 4.40. The smallest absolute Gasteiger partial charge is 0.323 e. The second-order valence-electron chi connectivity index (χ2n) is 4.48. The van der Waals surface area contributed by atoms with Crippen molar-refractivity contribution in [2.24, 2.45) is 0 Å². The lowest BCUT2D eigenvalue weighted by Crippen LogP contribution is -2.13. The zero-order valence-corrected chi connectivity index (χ0v) is 11.3. The average molecular weight is 275 g/mol. The lowest BCUT2D eigenvalue weighted by molar-refractivity contribution is -0.143. The van der Waals surface area contributed by atoms with Crippen molar-refractivity contribution >= 4 is 22.8 Å². The summed E-state index contributed by atoms with van der Waals surface area (Å²) >= 11 is 0. The van der Waals surface area contributed by atoms with E-state index in [-0.39, 0.29) is 18.9 Å². The van der Waals surface area contributed by atoms with E-state index in [1.165, 1.54) is 0 Å². The Labute approximate surface area is 116 Å². The second-order valence-corrected chi connectivity index (χ2v) is 4.48. The number of esters is 1. The average Bonchev–Trinajstić information content (AvgIpc) is 2.75. The van der Waals surface area contributed by atoms with Crippen LogP contribution in [0.2, 0.25) is 0 Å². The Morgan fingerprint density at radius 1 is 1.30 bits per heavy atom. The van der Waals surface area contributed by atoms with E-state index in [0.717, 1.165) is 16.6 Å². The van der Waals surface area contributed by atoms with E-state index in [9.17, 15) is 9.59 Å². The van der Waals surface area contributed by atoms with Gasteiger partial charge < -0.3 is 14.4 Å². The van der Waals surface area contributed by atoms with Crippen molar-refractivity contribution in [2.75, 3.05) is 6.61 Å². The first-order valence-corrected chi connectivity index (χ1v) is 6.56. The van der Waals surface area contributed by atoms with E-state index in [1.54, 1.807) is 11.5 Å². The lowest BCUT2D eigenvalue weighted by atomic mass is 10.2. The molecule has 5 nitrogen and oxygen atoms in total. The van der Waals surface area contributed by atoms with Gasteiger partial charge in [-0.1, -0.05) is 18.2 Å². The van der Waals surface area contributed by atoms with E-state index < -0.39 is 5.97 Å². The van der Waals surface area contributed by atoms with Crippen molar-refractivity contribution in [1.82, 2.24) is 4.57 Å². The standard InChI is InChI=1S/C15H17NO4/c1-2-20-15(19)8-7-12-9-11-5-3-4-6-13(11)16(12)10-14(17)18/h3-6,9H,2,7-8,10H2,1H3,(H,17,18). The molecule has 0 aliphatic carbocycles. The number of carboxylic acid groups (broad SMARTS) is 1. The maximum absolute atomic E-state index is 11.4. The third-order valence-corrected chi connectivity index (χ3v) is 3.08. The van der Waals surface area contributed by atoms with Gasteiger partial charge in [-0.3, -0.25) is 9.59 Å². The van der Waals surface area contributed by atoms with Gasteiger partial charge in [-0.15, -0.1) is 0 Å². The molecule has 1 aromatic heterocycles. The quantitative estimate of drug-likeness (QED) is 0.821. The molecule has 0 atom stereocenters. The highest BCUT2D eigenvalue weighted by Crippen LogP contribution is 2.21. The summed E-state index contributed by atoms with van der Waals surface area (Å²) in [5.41, 5.74) is 1.70. The zero-order valence-electron chi connectivity index (χ0n) is 11.3. The Morgan fingerprint density at radius 3 is 2.75 bits per heavy atom. The molecule has 2 rings (SSSR count). The molecule has 20 heavy (non-hydrogen) atoms. The van der Waals surface area contributed by atoms with Crippen LogP contribution < -0.4 is 0 Å². The predicted molar refractivity (Wildman–Crippen MR) is 74.5 cm³/mol. The number of aliphatic carboxylic acids is 1. The summed E-state index contributed by atoms with van der Waals surface area (Å²) in [6.45, 7) is 2.02. The highest BCUT2D eigenvalue weighted by Gasteiger charge is 2.12. The summed E-state index contributed by atoms with van der Waals surface area (Å²) in [5.74, 6) is -1.16. The Balaban J connectivity index is 2.26. The summed E-state index contributed by atoms with van der Waals surface area (Å²) in [6.07, 6.45) is 0.727. The van der Waals surface area contributed by atoms with Gasteiger partial charge in [-0.2, -0.15) is 0 Å². The van der Waals surface area contributed by atoms with Crippen LogP contribution in [-0.2, 0) is 27.3 Å². The number of carbonyl (C=O) groups is 2. The van der Waals surface area contributed by atoms with Crippen LogP contribution in [0.3, 0.4) is 0 Å². The van der Waals surface area contributed by atoms with Gasteiger partial charge in [-0.05, 0) is 30.9 Å². The van der Waals surface area contributed by atoms with Crippen molar-refractivity contribution in [3.05, 3.63) is 36.0 Å². The number of rotatable bonds is 6. The van der Waals surface area contributed by atoms with Gasteiger partial charge in [0.1, 0.15) is 6.54 Å². The number of hydrogen-bond donors (Lipinski definition) is 1. The highest BCUT2D eigenvalue weighted by molar-refractivity contribution is 5.83. The molecule has 2 aromatic rings. The fourth-order valence-corrected chi connectivity index (χ4v) is 2.26. The molecular formula is C15H17NO4. The minimum atomic E-state index is -0.899. The normalized spacial score (nSPS) is 10.7. The zero-order chi connectivity index (χ0) is 14.5. The van der Waals surface area contributed by atoms with Gasteiger partial charge in [0.15, 0.2) is 0 Å². The summed E-state index contributed by atoms with van der Waals surface area (Å²) in [5, 5.41) is 10.00. The highest BCUT2D eigenvalue weighted by atomic mass is 16.5. The third-order valence-electron chi connectivity index (χ3n) is 3.08. The van der Waals surface area contributed by atoms with Crippen molar-refractivity contribution < 1.29 is 19.4 Å².